The molecule has 0 spiro atoms. The summed E-state index contributed by atoms with van der Waals surface area (Å²) < 4.78 is 2.33. The molecule has 0 amide bonds. The van der Waals surface area contributed by atoms with Crippen LogP contribution in [0.5, 0.6) is 0 Å². The first-order chi connectivity index (χ1) is 10.4. The Kier molecular flexibility index (Phi) is 2.85. The fraction of sp³-hybridized carbons (Fsp3) is 0.222. The van der Waals surface area contributed by atoms with Crippen molar-refractivity contribution in [2.75, 3.05) is 0 Å². The Balaban J connectivity index is 1.81. The summed E-state index contributed by atoms with van der Waals surface area (Å²) in [7, 11) is 0. The second kappa shape index (κ2) is 4.85. The lowest BCUT2D eigenvalue weighted by Gasteiger charge is -2.20. The molecule has 4 rings (SSSR count). The van der Waals surface area contributed by atoms with E-state index in [1.807, 2.05) is 18.5 Å². The van der Waals surface area contributed by atoms with Gasteiger partial charge >= 0.3 is 0 Å². The smallest absolute Gasteiger partial charge is 0.141 e. The van der Waals surface area contributed by atoms with E-state index in [0.29, 0.717) is 0 Å². The van der Waals surface area contributed by atoms with Crippen LogP contribution in [-0.4, -0.2) is 14.5 Å². The molecule has 0 bridgehead atoms. The van der Waals surface area contributed by atoms with Crippen molar-refractivity contribution < 1.29 is 0 Å². The summed E-state index contributed by atoms with van der Waals surface area (Å²) in [4.78, 5) is 9.24. The highest BCUT2D eigenvalue weighted by molar-refractivity contribution is 5.68. The van der Waals surface area contributed by atoms with Gasteiger partial charge in [0.05, 0.1) is 5.69 Å². The van der Waals surface area contributed by atoms with Gasteiger partial charge in [-0.25, -0.2) is 4.98 Å². The largest absolute Gasteiger partial charge is 0.328 e. The molecule has 0 radical (unpaired) electrons. The summed E-state index contributed by atoms with van der Waals surface area (Å²) in [5.41, 5.74) is 6.06. The number of nitrogens with zero attached hydrogens (tertiary/aromatic N) is 3. The zero-order valence-electron chi connectivity index (χ0n) is 12.1. The predicted molar refractivity (Wildman–Crippen MR) is 84.0 cm³/mol. The van der Waals surface area contributed by atoms with Gasteiger partial charge in [0.1, 0.15) is 5.82 Å². The number of hydrogen-bond donors (Lipinski definition) is 0. The van der Waals surface area contributed by atoms with Gasteiger partial charge in [0.2, 0.25) is 0 Å². The maximum atomic E-state index is 4.64. The van der Waals surface area contributed by atoms with Gasteiger partial charge in [-0.3, -0.25) is 4.98 Å². The van der Waals surface area contributed by atoms with Crippen molar-refractivity contribution in [3.63, 3.8) is 0 Å². The summed E-state index contributed by atoms with van der Waals surface area (Å²) in [5.74, 6) is 1.07. The van der Waals surface area contributed by atoms with Gasteiger partial charge in [0.25, 0.3) is 0 Å². The second-order valence-electron chi connectivity index (χ2n) is 5.42. The van der Waals surface area contributed by atoms with Crippen LogP contribution in [0.1, 0.15) is 18.2 Å². The van der Waals surface area contributed by atoms with Gasteiger partial charge in [-0.1, -0.05) is 37.3 Å². The zero-order chi connectivity index (χ0) is 14.2. The molecule has 0 unspecified atom stereocenters. The minimum atomic E-state index is 1.02. The van der Waals surface area contributed by atoms with Crippen LogP contribution in [0, 0.1) is 0 Å². The quantitative estimate of drug-likeness (QED) is 0.713. The Morgan fingerprint density at radius 3 is 2.76 bits per heavy atom. The monoisotopic (exact) mass is 275 g/mol. The van der Waals surface area contributed by atoms with E-state index in [1.165, 1.54) is 22.4 Å². The molecule has 0 N–H and O–H groups in total. The van der Waals surface area contributed by atoms with Gasteiger partial charge < -0.3 is 4.57 Å². The van der Waals surface area contributed by atoms with Crippen LogP contribution in [0.2, 0.25) is 0 Å². The molecule has 3 nitrogen and oxygen atoms in total. The molecule has 104 valence electrons. The van der Waals surface area contributed by atoms with Crippen molar-refractivity contribution in [1.82, 2.24) is 14.5 Å². The molecule has 3 heterocycles. The van der Waals surface area contributed by atoms with E-state index in [0.717, 1.165) is 30.9 Å². The third kappa shape index (κ3) is 1.97. The fourth-order valence-electron chi connectivity index (χ4n) is 3.06. The minimum absolute atomic E-state index is 1.02. The Morgan fingerprint density at radius 1 is 1.10 bits per heavy atom. The second-order valence-corrected chi connectivity index (χ2v) is 5.42. The molecule has 0 aliphatic carbocycles. The van der Waals surface area contributed by atoms with Crippen molar-refractivity contribution in [1.29, 1.82) is 0 Å². The van der Waals surface area contributed by atoms with Crippen LogP contribution < -0.4 is 0 Å². The van der Waals surface area contributed by atoms with Crippen LogP contribution >= 0.6 is 0 Å². The molecule has 0 saturated carbocycles. The normalized spacial score (nSPS) is 12.8. The Bertz CT molecular complexity index is 787. The van der Waals surface area contributed by atoms with Crippen LogP contribution in [0.25, 0.3) is 22.6 Å². The number of aryl methyl sites for hydroxylation is 2. The van der Waals surface area contributed by atoms with Crippen LogP contribution in [0.4, 0.5) is 0 Å². The van der Waals surface area contributed by atoms with Crippen molar-refractivity contribution in [3.05, 3.63) is 60.0 Å². The molecule has 1 aromatic carbocycles. The van der Waals surface area contributed by atoms with Gasteiger partial charge in [-0.15, -0.1) is 0 Å². The third-order valence-corrected chi connectivity index (χ3v) is 4.21. The lowest BCUT2D eigenvalue weighted by molar-refractivity contribution is 0.653. The topological polar surface area (TPSA) is 30.7 Å². The third-order valence-electron chi connectivity index (χ3n) is 4.21. The van der Waals surface area contributed by atoms with Crippen molar-refractivity contribution in [2.24, 2.45) is 0 Å². The van der Waals surface area contributed by atoms with Gasteiger partial charge in [0.15, 0.2) is 0 Å². The molecule has 0 fully saturated rings. The number of benzene rings is 1. The first-order valence-electron chi connectivity index (χ1n) is 7.46. The number of aromatic nitrogens is 3. The lowest BCUT2D eigenvalue weighted by Crippen LogP contribution is -2.13. The molecule has 2 aromatic heterocycles. The molecule has 0 saturated heterocycles. The summed E-state index contributed by atoms with van der Waals surface area (Å²) in [6, 6.07) is 12.6. The highest BCUT2D eigenvalue weighted by atomic mass is 15.1. The number of pyridine rings is 1. The highest BCUT2D eigenvalue weighted by Gasteiger charge is 2.20. The predicted octanol–water partition coefficient (Wildman–Crippen LogP) is 3.73. The molecular weight excluding hydrogens is 258 g/mol. The number of imidazole rings is 1. The first-order valence-corrected chi connectivity index (χ1v) is 7.46. The first kappa shape index (κ1) is 12.3. The van der Waals surface area contributed by atoms with E-state index in [1.54, 1.807) is 0 Å². The van der Waals surface area contributed by atoms with Crippen molar-refractivity contribution in [3.8, 4) is 22.6 Å². The van der Waals surface area contributed by atoms with E-state index in [4.69, 9.17) is 0 Å². The molecule has 1 aliphatic rings. The van der Waals surface area contributed by atoms with Gasteiger partial charge in [-0.2, -0.15) is 0 Å². The molecule has 1 aliphatic heterocycles. The highest BCUT2D eigenvalue weighted by Crippen LogP contribution is 2.31. The van der Waals surface area contributed by atoms with Gasteiger partial charge in [-0.05, 0) is 24.5 Å². The zero-order valence-corrected chi connectivity index (χ0v) is 12.1. The molecule has 3 aromatic rings. The van der Waals surface area contributed by atoms with Crippen molar-refractivity contribution >= 4 is 0 Å². The van der Waals surface area contributed by atoms with E-state index < -0.39 is 0 Å². The summed E-state index contributed by atoms with van der Waals surface area (Å²) in [5, 5.41) is 0. The number of rotatable bonds is 2. The van der Waals surface area contributed by atoms with E-state index in [9.17, 15) is 0 Å². The average molecular weight is 275 g/mol. The Hall–Kier alpha value is -2.42. The van der Waals surface area contributed by atoms with Gasteiger partial charge in [0, 0.05) is 35.8 Å². The maximum Gasteiger partial charge on any atom is 0.141 e. The Labute approximate surface area is 124 Å². The lowest BCUT2D eigenvalue weighted by atomic mass is 10.00. The molecule has 0 atom stereocenters. The van der Waals surface area contributed by atoms with Crippen LogP contribution in [0.15, 0.2) is 48.8 Å². The summed E-state index contributed by atoms with van der Waals surface area (Å²) >= 11 is 0. The molecule has 3 heteroatoms. The Morgan fingerprint density at radius 2 is 1.95 bits per heavy atom. The van der Waals surface area contributed by atoms with E-state index in [2.05, 4.69) is 51.8 Å². The number of fused-ring (bicyclic) bond motifs is 3. The molecular formula is C18H17N3. The maximum absolute atomic E-state index is 4.64. The summed E-state index contributed by atoms with van der Waals surface area (Å²) in [6.07, 6.45) is 6.05. The number of hydrogen-bond acceptors (Lipinski definition) is 2. The standard InChI is InChI=1S/C18H17N3/c1-2-15-11-20-18-16-12-19-17(13-6-4-3-5-7-13)10-14(16)8-9-21(15)18/h3-7,10-12H,2,8-9H2,1H3. The fourth-order valence-corrected chi connectivity index (χ4v) is 3.06. The molecule has 21 heavy (non-hydrogen) atoms. The van der Waals surface area contributed by atoms with Crippen LogP contribution in [-0.2, 0) is 19.4 Å². The minimum Gasteiger partial charge on any atom is -0.328 e. The average Bonchev–Trinajstić information content (AvgIpc) is 2.98. The van der Waals surface area contributed by atoms with Crippen molar-refractivity contribution in [2.45, 2.75) is 26.3 Å². The van der Waals surface area contributed by atoms with E-state index >= 15 is 0 Å². The van der Waals surface area contributed by atoms with Crippen LogP contribution in [0.3, 0.4) is 0 Å². The SMILES string of the molecule is CCc1cnc2n1CCc1cc(-c3ccccc3)ncc1-2. The summed E-state index contributed by atoms with van der Waals surface area (Å²) in [6.45, 7) is 3.19. The van der Waals surface area contributed by atoms with E-state index in [-0.39, 0.29) is 0 Å².